The van der Waals surface area contributed by atoms with Crippen molar-refractivity contribution in [3.05, 3.63) is 64.6 Å². The smallest absolute Gasteiger partial charge is 0.335 e. The standard InChI is InChI=1S/C23H25N3O3S/c1-4-25(5-2)19-12-10-16(11-13-19)14-20-21(27)26(6-3)23(30-20)24-18-9-7-8-17(15-18)22(28)29/h7-15H,4-6H2,1-3H3,(H,28,29)/b20-14-,24-23?. The van der Waals surface area contributed by atoms with Crippen LogP contribution in [0.3, 0.4) is 0 Å². The van der Waals surface area contributed by atoms with Gasteiger partial charge in [-0.1, -0.05) is 18.2 Å². The maximum atomic E-state index is 12.8. The summed E-state index contributed by atoms with van der Waals surface area (Å²) in [4.78, 5) is 33.0. The molecule has 1 saturated heterocycles. The van der Waals surface area contributed by atoms with Crippen LogP contribution in [0.4, 0.5) is 11.4 Å². The Labute approximate surface area is 180 Å². The fourth-order valence-corrected chi connectivity index (χ4v) is 4.27. The second-order valence-electron chi connectivity index (χ2n) is 6.67. The van der Waals surface area contributed by atoms with Crippen molar-refractivity contribution in [2.45, 2.75) is 20.8 Å². The topological polar surface area (TPSA) is 73.2 Å². The fourth-order valence-electron chi connectivity index (χ4n) is 3.21. The third-order valence-corrected chi connectivity index (χ3v) is 5.85. The molecule has 0 aromatic heterocycles. The molecule has 0 atom stereocenters. The number of carboxylic acids is 1. The number of amides is 1. The van der Waals surface area contributed by atoms with Gasteiger partial charge >= 0.3 is 5.97 Å². The molecule has 30 heavy (non-hydrogen) atoms. The molecule has 7 heteroatoms. The third-order valence-electron chi connectivity index (χ3n) is 4.84. The van der Waals surface area contributed by atoms with E-state index in [1.165, 1.54) is 23.9 Å². The number of hydrogen-bond acceptors (Lipinski definition) is 5. The molecule has 1 amide bonds. The quantitative estimate of drug-likeness (QED) is 0.644. The van der Waals surface area contributed by atoms with Gasteiger partial charge in [-0.2, -0.15) is 0 Å². The monoisotopic (exact) mass is 423 g/mol. The molecule has 0 spiro atoms. The summed E-state index contributed by atoms with van der Waals surface area (Å²) >= 11 is 1.30. The number of aromatic carboxylic acids is 1. The van der Waals surface area contributed by atoms with Crippen molar-refractivity contribution in [3.8, 4) is 0 Å². The van der Waals surface area contributed by atoms with Gasteiger partial charge < -0.3 is 10.0 Å². The van der Waals surface area contributed by atoms with Crippen LogP contribution in [0.5, 0.6) is 0 Å². The predicted molar refractivity (Wildman–Crippen MR) is 123 cm³/mol. The molecule has 0 unspecified atom stereocenters. The van der Waals surface area contributed by atoms with Gasteiger partial charge in [0.1, 0.15) is 0 Å². The summed E-state index contributed by atoms with van der Waals surface area (Å²) in [7, 11) is 0. The first kappa shape index (κ1) is 21.6. The lowest BCUT2D eigenvalue weighted by Crippen LogP contribution is -2.28. The highest BCUT2D eigenvalue weighted by molar-refractivity contribution is 8.18. The average Bonchev–Trinajstić information content (AvgIpc) is 3.04. The van der Waals surface area contributed by atoms with Crippen LogP contribution >= 0.6 is 11.8 Å². The number of benzene rings is 2. The van der Waals surface area contributed by atoms with Crippen LogP contribution in [0.2, 0.25) is 0 Å². The predicted octanol–water partition coefficient (Wildman–Crippen LogP) is 4.85. The van der Waals surface area contributed by atoms with Crippen molar-refractivity contribution in [2.24, 2.45) is 4.99 Å². The summed E-state index contributed by atoms with van der Waals surface area (Å²) in [5.41, 5.74) is 2.78. The van der Waals surface area contributed by atoms with Crippen molar-refractivity contribution in [1.82, 2.24) is 4.90 Å². The van der Waals surface area contributed by atoms with Crippen molar-refractivity contribution in [3.63, 3.8) is 0 Å². The molecule has 0 bridgehead atoms. The molecule has 0 radical (unpaired) electrons. The normalized spacial score (nSPS) is 16.5. The lowest BCUT2D eigenvalue weighted by atomic mass is 10.1. The van der Waals surface area contributed by atoms with Crippen molar-refractivity contribution >= 4 is 46.3 Å². The van der Waals surface area contributed by atoms with E-state index >= 15 is 0 Å². The number of carbonyl (C=O) groups is 2. The van der Waals surface area contributed by atoms with Crippen molar-refractivity contribution in [2.75, 3.05) is 24.5 Å². The summed E-state index contributed by atoms with van der Waals surface area (Å²) < 4.78 is 0. The fraction of sp³-hybridized carbons (Fsp3) is 0.261. The Bertz CT molecular complexity index is 995. The van der Waals surface area contributed by atoms with Gasteiger partial charge in [-0.25, -0.2) is 9.79 Å². The van der Waals surface area contributed by atoms with E-state index in [-0.39, 0.29) is 11.5 Å². The molecular formula is C23H25N3O3S. The van der Waals surface area contributed by atoms with E-state index in [2.05, 4.69) is 35.9 Å². The first-order valence-electron chi connectivity index (χ1n) is 9.95. The molecule has 1 aliphatic rings. The van der Waals surface area contributed by atoms with Gasteiger partial charge in [0.15, 0.2) is 5.17 Å². The first-order valence-corrected chi connectivity index (χ1v) is 10.8. The van der Waals surface area contributed by atoms with Gasteiger partial charge in [0.2, 0.25) is 0 Å². The lowest BCUT2D eigenvalue weighted by molar-refractivity contribution is -0.122. The minimum absolute atomic E-state index is 0.0940. The van der Waals surface area contributed by atoms with E-state index in [0.29, 0.717) is 22.3 Å². The molecule has 2 aromatic carbocycles. The Morgan fingerprint density at radius 2 is 1.83 bits per heavy atom. The maximum absolute atomic E-state index is 12.8. The van der Waals surface area contributed by atoms with Crippen LogP contribution < -0.4 is 4.90 Å². The Morgan fingerprint density at radius 3 is 2.43 bits per heavy atom. The highest BCUT2D eigenvalue weighted by Crippen LogP contribution is 2.34. The Hall–Kier alpha value is -3.06. The molecule has 1 N–H and O–H groups in total. The van der Waals surface area contributed by atoms with Crippen LogP contribution in [0.15, 0.2) is 58.4 Å². The van der Waals surface area contributed by atoms with Crippen LogP contribution in [-0.2, 0) is 4.79 Å². The van der Waals surface area contributed by atoms with Gasteiger partial charge in [0.25, 0.3) is 5.91 Å². The number of hydrogen-bond donors (Lipinski definition) is 1. The molecule has 3 rings (SSSR count). The average molecular weight is 424 g/mol. The van der Waals surface area contributed by atoms with Crippen LogP contribution in [0.1, 0.15) is 36.7 Å². The molecule has 0 aliphatic carbocycles. The van der Waals surface area contributed by atoms with E-state index in [9.17, 15) is 14.7 Å². The number of carbonyl (C=O) groups excluding carboxylic acids is 1. The van der Waals surface area contributed by atoms with Gasteiger partial charge in [-0.3, -0.25) is 9.69 Å². The number of carboxylic acid groups (broad SMARTS) is 1. The van der Waals surface area contributed by atoms with E-state index in [4.69, 9.17) is 0 Å². The SMILES string of the molecule is CCN1C(=O)/C(=C/c2ccc(N(CC)CC)cc2)SC1=Nc1cccc(C(=O)O)c1. The van der Waals surface area contributed by atoms with E-state index in [0.717, 1.165) is 24.3 Å². The highest BCUT2D eigenvalue weighted by atomic mass is 32.2. The molecular weight excluding hydrogens is 398 g/mol. The van der Waals surface area contributed by atoms with E-state index in [1.54, 1.807) is 17.0 Å². The summed E-state index contributed by atoms with van der Waals surface area (Å²) in [5, 5.41) is 9.72. The minimum Gasteiger partial charge on any atom is -0.478 e. The highest BCUT2D eigenvalue weighted by Gasteiger charge is 2.32. The number of amidine groups is 1. The molecule has 1 fully saturated rings. The van der Waals surface area contributed by atoms with Gasteiger partial charge in [-0.05, 0) is 74.5 Å². The van der Waals surface area contributed by atoms with Crippen molar-refractivity contribution < 1.29 is 14.7 Å². The molecule has 1 heterocycles. The zero-order valence-corrected chi connectivity index (χ0v) is 18.1. The van der Waals surface area contributed by atoms with E-state index < -0.39 is 5.97 Å². The molecule has 0 saturated carbocycles. The van der Waals surface area contributed by atoms with Gasteiger partial charge in [0, 0.05) is 25.3 Å². The van der Waals surface area contributed by atoms with Gasteiger partial charge in [-0.15, -0.1) is 0 Å². The Morgan fingerprint density at radius 1 is 1.13 bits per heavy atom. The number of rotatable bonds is 7. The van der Waals surface area contributed by atoms with Crippen LogP contribution in [0.25, 0.3) is 6.08 Å². The van der Waals surface area contributed by atoms with Crippen molar-refractivity contribution in [1.29, 1.82) is 0 Å². The Kier molecular flexibility index (Phi) is 6.95. The summed E-state index contributed by atoms with van der Waals surface area (Å²) in [5.74, 6) is -1.10. The second-order valence-corrected chi connectivity index (χ2v) is 7.68. The number of likely N-dealkylation sites (N-methyl/N-ethyl adjacent to an activating group) is 1. The minimum atomic E-state index is -1.01. The maximum Gasteiger partial charge on any atom is 0.335 e. The first-order chi connectivity index (χ1) is 14.5. The molecule has 6 nitrogen and oxygen atoms in total. The lowest BCUT2D eigenvalue weighted by Gasteiger charge is -2.20. The number of nitrogens with zero attached hydrogens (tertiary/aromatic N) is 3. The van der Waals surface area contributed by atoms with Crippen LogP contribution in [-0.4, -0.2) is 46.7 Å². The third kappa shape index (κ3) is 4.74. The summed E-state index contributed by atoms with van der Waals surface area (Å²) in [6.07, 6.45) is 1.87. The zero-order valence-electron chi connectivity index (χ0n) is 17.3. The van der Waals surface area contributed by atoms with E-state index in [1.807, 2.05) is 25.1 Å². The second kappa shape index (κ2) is 9.63. The molecule has 2 aromatic rings. The molecule has 156 valence electrons. The van der Waals surface area contributed by atoms with Gasteiger partial charge in [0.05, 0.1) is 16.2 Å². The Balaban J connectivity index is 1.87. The van der Waals surface area contributed by atoms with Crippen LogP contribution in [0, 0.1) is 0 Å². The zero-order chi connectivity index (χ0) is 21.7. The number of aliphatic imine (C=N–C) groups is 1. The summed E-state index contributed by atoms with van der Waals surface area (Å²) in [6, 6.07) is 14.5. The molecule has 1 aliphatic heterocycles. The summed E-state index contributed by atoms with van der Waals surface area (Å²) in [6.45, 7) is 8.52. The number of thioether (sulfide) groups is 1. The number of anilines is 1. The largest absolute Gasteiger partial charge is 0.478 e.